The molecule has 0 saturated carbocycles. The molecular weight excluding hydrogens is 214 g/mol. The largest absolute Gasteiger partial charge is 0.396 e. The molecule has 0 aliphatic rings. The first-order valence-electron chi connectivity index (χ1n) is 4.72. The number of unbranched alkanes of at least 4 members (excludes halogenated alkanes) is 1. The molecule has 0 aliphatic carbocycles. The lowest BCUT2D eigenvalue weighted by atomic mass is 10.2. The molecule has 1 N–H and O–H groups in total. The van der Waals surface area contributed by atoms with Crippen molar-refractivity contribution >= 4 is 11.3 Å². The molecule has 0 spiro atoms. The van der Waals surface area contributed by atoms with Crippen LogP contribution in [0.5, 0.6) is 0 Å². The van der Waals surface area contributed by atoms with Crippen LogP contribution in [0.15, 0.2) is 15.4 Å². The number of thiazole rings is 1. The van der Waals surface area contributed by atoms with Crippen LogP contribution >= 0.6 is 11.3 Å². The molecule has 2 aromatic rings. The third-order valence-corrected chi connectivity index (χ3v) is 2.51. The number of rotatable bonds is 5. The molecule has 2 aromatic heterocycles. The summed E-state index contributed by atoms with van der Waals surface area (Å²) in [5.74, 6) is 1.14. The van der Waals surface area contributed by atoms with Crippen molar-refractivity contribution in [1.29, 1.82) is 0 Å². The van der Waals surface area contributed by atoms with Gasteiger partial charge in [-0.3, -0.25) is 0 Å². The van der Waals surface area contributed by atoms with E-state index < -0.39 is 0 Å². The van der Waals surface area contributed by atoms with Crippen molar-refractivity contribution in [2.45, 2.75) is 19.3 Å². The second kappa shape index (κ2) is 4.99. The van der Waals surface area contributed by atoms with Gasteiger partial charge in [0.15, 0.2) is 0 Å². The molecule has 5 nitrogen and oxygen atoms in total. The maximum Gasteiger partial charge on any atom is 0.227 e. The lowest BCUT2D eigenvalue weighted by Crippen LogP contribution is -1.88. The van der Waals surface area contributed by atoms with Crippen molar-refractivity contribution in [2.24, 2.45) is 0 Å². The molecule has 0 bridgehead atoms. The van der Waals surface area contributed by atoms with Crippen LogP contribution in [0.1, 0.15) is 18.7 Å². The molecule has 0 fully saturated rings. The first-order valence-corrected chi connectivity index (χ1v) is 5.66. The summed E-state index contributed by atoms with van der Waals surface area (Å²) >= 11 is 1.50. The normalized spacial score (nSPS) is 10.7. The Labute approximate surface area is 90.8 Å². The minimum absolute atomic E-state index is 0.201. The maximum absolute atomic E-state index is 8.62. The van der Waals surface area contributed by atoms with Crippen LogP contribution in [0, 0.1) is 0 Å². The average molecular weight is 225 g/mol. The number of aromatic nitrogens is 3. The Hall–Kier alpha value is -1.27. The van der Waals surface area contributed by atoms with Gasteiger partial charge in [0, 0.05) is 18.4 Å². The number of hydrogen-bond acceptors (Lipinski definition) is 6. The minimum atomic E-state index is 0.201. The van der Waals surface area contributed by atoms with Gasteiger partial charge < -0.3 is 9.63 Å². The quantitative estimate of drug-likeness (QED) is 0.781. The third-order valence-electron chi connectivity index (χ3n) is 1.93. The zero-order chi connectivity index (χ0) is 10.5. The first-order chi connectivity index (χ1) is 7.40. The van der Waals surface area contributed by atoms with Crippen LogP contribution in [0.3, 0.4) is 0 Å². The van der Waals surface area contributed by atoms with Crippen LogP contribution in [0.2, 0.25) is 0 Å². The maximum atomic E-state index is 8.62. The van der Waals surface area contributed by atoms with E-state index in [0.717, 1.165) is 18.5 Å². The fraction of sp³-hybridized carbons (Fsp3) is 0.444. The van der Waals surface area contributed by atoms with E-state index in [0.29, 0.717) is 18.1 Å². The molecule has 0 aromatic carbocycles. The van der Waals surface area contributed by atoms with E-state index in [-0.39, 0.29) is 6.61 Å². The Morgan fingerprint density at radius 1 is 1.40 bits per heavy atom. The van der Waals surface area contributed by atoms with E-state index in [1.807, 2.05) is 5.38 Å². The Morgan fingerprint density at radius 3 is 3.07 bits per heavy atom. The van der Waals surface area contributed by atoms with E-state index in [4.69, 9.17) is 9.63 Å². The molecule has 2 rings (SSSR count). The monoisotopic (exact) mass is 225 g/mol. The molecule has 15 heavy (non-hydrogen) atoms. The molecule has 0 unspecified atom stereocenters. The van der Waals surface area contributed by atoms with E-state index >= 15 is 0 Å². The standard InChI is InChI=1S/C9H11N3O2S/c13-4-2-1-3-8-11-9(12-14-8)7-5-15-6-10-7/h5-6,13H,1-4H2. The van der Waals surface area contributed by atoms with Crippen molar-refractivity contribution in [3.05, 3.63) is 16.8 Å². The van der Waals surface area contributed by atoms with Gasteiger partial charge in [-0.2, -0.15) is 4.98 Å². The molecule has 0 saturated heterocycles. The van der Waals surface area contributed by atoms with E-state index in [1.165, 1.54) is 11.3 Å². The summed E-state index contributed by atoms with van der Waals surface area (Å²) < 4.78 is 5.06. The van der Waals surface area contributed by atoms with Crippen LogP contribution in [-0.2, 0) is 6.42 Å². The predicted molar refractivity (Wildman–Crippen MR) is 55.4 cm³/mol. The molecular formula is C9H11N3O2S. The summed E-state index contributed by atoms with van der Waals surface area (Å²) in [6, 6.07) is 0. The van der Waals surface area contributed by atoms with Gasteiger partial charge in [-0.25, -0.2) is 4.98 Å². The number of aryl methyl sites for hydroxylation is 1. The Kier molecular flexibility index (Phi) is 3.41. The lowest BCUT2D eigenvalue weighted by Gasteiger charge is -1.90. The fourth-order valence-corrected chi connectivity index (χ4v) is 1.70. The van der Waals surface area contributed by atoms with Crippen LogP contribution in [-0.4, -0.2) is 26.8 Å². The summed E-state index contributed by atoms with van der Waals surface area (Å²) in [4.78, 5) is 8.30. The topological polar surface area (TPSA) is 72.0 Å². The number of aliphatic hydroxyl groups is 1. The highest BCUT2D eigenvalue weighted by Crippen LogP contribution is 2.15. The summed E-state index contributed by atoms with van der Waals surface area (Å²) in [6.07, 6.45) is 2.32. The number of nitrogens with zero attached hydrogens (tertiary/aromatic N) is 3. The van der Waals surface area contributed by atoms with Gasteiger partial charge in [-0.05, 0) is 12.8 Å². The van der Waals surface area contributed by atoms with E-state index in [9.17, 15) is 0 Å². The lowest BCUT2D eigenvalue weighted by molar-refractivity contribution is 0.281. The molecule has 6 heteroatoms. The highest BCUT2D eigenvalue weighted by atomic mass is 32.1. The molecule has 2 heterocycles. The van der Waals surface area contributed by atoms with Gasteiger partial charge in [0.25, 0.3) is 0 Å². The second-order valence-electron chi connectivity index (χ2n) is 3.07. The van der Waals surface area contributed by atoms with Crippen LogP contribution in [0.4, 0.5) is 0 Å². The van der Waals surface area contributed by atoms with Crippen molar-refractivity contribution in [3.63, 3.8) is 0 Å². The van der Waals surface area contributed by atoms with Gasteiger partial charge in [-0.1, -0.05) is 5.16 Å². The number of hydrogen-bond donors (Lipinski definition) is 1. The smallest absolute Gasteiger partial charge is 0.227 e. The fourth-order valence-electron chi connectivity index (χ4n) is 1.17. The Balaban J connectivity index is 1.98. The van der Waals surface area contributed by atoms with Crippen molar-refractivity contribution in [3.8, 4) is 11.5 Å². The molecule has 0 atom stereocenters. The first kappa shape index (κ1) is 10.3. The summed E-state index contributed by atoms with van der Waals surface area (Å²) in [5.41, 5.74) is 2.48. The van der Waals surface area contributed by atoms with E-state index in [2.05, 4.69) is 15.1 Å². The summed E-state index contributed by atoms with van der Waals surface area (Å²) in [7, 11) is 0. The molecule has 0 amide bonds. The van der Waals surface area contributed by atoms with Crippen LogP contribution < -0.4 is 0 Å². The van der Waals surface area contributed by atoms with Crippen molar-refractivity contribution in [1.82, 2.24) is 15.1 Å². The Bertz CT molecular complexity index is 399. The van der Waals surface area contributed by atoms with E-state index in [1.54, 1.807) is 5.51 Å². The zero-order valence-corrected chi connectivity index (χ0v) is 8.90. The minimum Gasteiger partial charge on any atom is -0.396 e. The van der Waals surface area contributed by atoms with Gasteiger partial charge in [0.05, 0.1) is 5.51 Å². The van der Waals surface area contributed by atoms with Gasteiger partial charge in [-0.15, -0.1) is 11.3 Å². The van der Waals surface area contributed by atoms with Gasteiger partial charge >= 0.3 is 0 Å². The SMILES string of the molecule is OCCCCc1nc(-c2cscn2)no1. The molecule has 80 valence electrons. The van der Waals surface area contributed by atoms with Crippen molar-refractivity contribution < 1.29 is 9.63 Å². The highest BCUT2D eigenvalue weighted by molar-refractivity contribution is 7.07. The second-order valence-corrected chi connectivity index (χ2v) is 3.78. The van der Waals surface area contributed by atoms with Crippen molar-refractivity contribution in [2.75, 3.05) is 6.61 Å². The highest BCUT2D eigenvalue weighted by Gasteiger charge is 2.09. The number of aliphatic hydroxyl groups excluding tert-OH is 1. The van der Waals surface area contributed by atoms with Crippen LogP contribution in [0.25, 0.3) is 11.5 Å². The molecule has 0 aliphatic heterocycles. The zero-order valence-electron chi connectivity index (χ0n) is 8.09. The Morgan fingerprint density at radius 2 is 2.33 bits per heavy atom. The third kappa shape index (κ3) is 2.60. The van der Waals surface area contributed by atoms with Gasteiger partial charge in [0.1, 0.15) is 5.69 Å². The average Bonchev–Trinajstić information content (AvgIpc) is 2.87. The predicted octanol–water partition coefficient (Wildman–Crippen LogP) is 1.51. The van der Waals surface area contributed by atoms with Gasteiger partial charge in [0.2, 0.25) is 11.7 Å². The molecule has 0 radical (unpaired) electrons. The summed E-state index contributed by atoms with van der Waals surface area (Å²) in [6.45, 7) is 0.201. The summed E-state index contributed by atoms with van der Waals surface area (Å²) in [5, 5.41) is 14.3.